The lowest BCUT2D eigenvalue weighted by Gasteiger charge is -2.16. The summed E-state index contributed by atoms with van der Waals surface area (Å²) < 4.78 is 27.2. The lowest BCUT2D eigenvalue weighted by Crippen LogP contribution is -2.24. The van der Waals surface area contributed by atoms with Crippen LogP contribution in [-0.4, -0.2) is 38.1 Å². The molecule has 1 amide bonds. The van der Waals surface area contributed by atoms with E-state index in [9.17, 15) is 4.79 Å². The third kappa shape index (κ3) is 2.98. The van der Waals surface area contributed by atoms with E-state index < -0.39 is 6.23 Å². The number of hydrazone groups is 1. The maximum absolute atomic E-state index is 11.9. The Morgan fingerprint density at radius 3 is 2.32 bits per heavy atom. The Labute approximate surface area is 144 Å². The molecule has 2 heterocycles. The highest BCUT2D eigenvalue weighted by atomic mass is 16.5. The van der Waals surface area contributed by atoms with Gasteiger partial charge in [0.25, 0.3) is 6.23 Å². The molecule has 3 rings (SSSR count). The van der Waals surface area contributed by atoms with Gasteiger partial charge in [-0.25, -0.2) is 0 Å². The molecule has 0 unspecified atom stereocenters. The summed E-state index contributed by atoms with van der Waals surface area (Å²) in [6.45, 7) is 1.40. The van der Waals surface area contributed by atoms with E-state index in [0.717, 1.165) is 0 Å². The average Bonchev–Trinajstić information content (AvgIpc) is 3.29. The number of methoxy groups -OCH3 is 3. The van der Waals surface area contributed by atoms with Crippen LogP contribution in [0.15, 0.2) is 40.0 Å². The van der Waals surface area contributed by atoms with Gasteiger partial charge in [0.1, 0.15) is 0 Å². The first-order chi connectivity index (χ1) is 12.1. The fourth-order valence-corrected chi connectivity index (χ4v) is 2.51. The zero-order valence-electron chi connectivity index (χ0n) is 14.3. The molecule has 1 aromatic carbocycles. The minimum absolute atomic E-state index is 0.246. The van der Waals surface area contributed by atoms with E-state index >= 15 is 0 Å². The van der Waals surface area contributed by atoms with Crippen LogP contribution in [0, 0.1) is 0 Å². The molecule has 25 heavy (non-hydrogen) atoms. The number of ether oxygens (including phenoxy) is 4. The SMILES string of the molecule is COc1cc(C2=NN(C(C)=O)[C@@H](c3ccco3)O2)cc(OC)c1OC. The highest BCUT2D eigenvalue weighted by Crippen LogP contribution is 2.40. The largest absolute Gasteiger partial charge is 0.493 e. The Morgan fingerprint density at radius 1 is 1.16 bits per heavy atom. The van der Waals surface area contributed by atoms with Crippen molar-refractivity contribution in [3.63, 3.8) is 0 Å². The summed E-state index contributed by atoms with van der Waals surface area (Å²) in [6, 6.07) is 6.83. The van der Waals surface area contributed by atoms with Crippen LogP contribution < -0.4 is 14.2 Å². The monoisotopic (exact) mass is 346 g/mol. The van der Waals surface area contributed by atoms with E-state index in [4.69, 9.17) is 23.4 Å². The second-order valence-corrected chi connectivity index (χ2v) is 5.17. The quantitative estimate of drug-likeness (QED) is 0.827. The van der Waals surface area contributed by atoms with Gasteiger partial charge in [0, 0.05) is 12.5 Å². The Bertz CT molecular complexity index is 774. The predicted molar refractivity (Wildman–Crippen MR) is 87.7 cm³/mol. The summed E-state index contributed by atoms with van der Waals surface area (Å²) >= 11 is 0. The molecule has 0 N–H and O–H groups in total. The number of hydrogen-bond acceptors (Lipinski definition) is 7. The first-order valence-corrected chi connectivity index (χ1v) is 7.48. The van der Waals surface area contributed by atoms with Crippen LogP contribution in [0.3, 0.4) is 0 Å². The fraction of sp³-hybridized carbons (Fsp3) is 0.294. The molecule has 0 fully saturated rings. The summed E-state index contributed by atoms with van der Waals surface area (Å²) in [4.78, 5) is 11.9. The fourth-order valence-electron chi connectivity index (χ4n) is 2.51. The zero-order valence-corrected chi connectivity index (χ0v) is 14.3. The first kappa shape index (κ1) is 16.7. The van der Waals surface area contributed by atoms with Gasteiger partial charge in [0.15, 0.2) is 17.3 Å². The first-order valence-electron chi connectivity index (χ1n) is 7.48. The van der Waals surface area contributed by atoms with Crippen LogP contribution in [0.2, 0.25) is 0 Å². The van der Waals surface area contributed by atoms with Gasteiger partial charge in [0.2, 0.25) is 17.6 Å². The number of nitrogens with zero attached hydrogens (tertiary/aromatic N) is 2. The van der Waals surface area contributed by atoms with Crippen molar-refractivity contribution in [2.75, 3.05) is 21.3 Å². The van der Waals surface area contributed by atoms with E-state index in [2.05, 4.69) is 5.10 Å². The molecule has 0 radical (unpaired) electrons. The standard InChI is InChI=1S/C17H18N2O6/c1-10(20)19-17(12-6-5-7-24-12)25-16(18-19)11-8-13(21-2)15(23-4)14(9-11)22-3/h5-9,17H,1-4H3/t17-/m1/s1. The summed E-state index contributed by atoms with van der Waals surface area (Å²) in [6.07, 6.45) is 0.746. The smallest absolute Gasteiger partial charge is 0.254 e. The molecule has 2 aromatic rings. The lowest BCUT2D eigenvalue weighted by molar-refractivity contribution is -0.136. The molecule has 1 aromatic heterocycles. The van der Waals surface area contributed by atoms with Crippen molar-refractivity contribution in [3.05, 3.63) is 41.9 Å². The van der Waals surface area contributed by atoms with Crippen molar-refractivity contribution in [2.24, 2.45) is 5.10 Å². The van der Waals surface area contributed by atoms with Crippen molar-refractivity contribution in [1.29, 1.82) is 0 Å². The maximum atomic E-state index is 11.9. The molecule has 0 saturated heterocycles. The van der Waals surface area contributed by atoms with E-state index in [1.54, 1.807) is 24.3 Å². The number of amides is 1. The molecular formula is C17H18N2O6. The summed E-state index contributed by atoms with van der Waals surface area (Å²) in [5.74, 6) is 1.82. The normalized spacial score (nSPS) is 16.2. The number of rotatable bonds is 5. The van der Waals surface area contributed by atoms with E-state index in [1.807, 2.05) is 0 Å². The van der Waals surface area contributed by atoms with Gasteiger partial charge in [-0.3, -0.25) is 4.79 Å². The second kappa shape index (κ2) is 6.76. The summed E-state index contributed by atoms with van der Waals surface area (Å²) in [5.41, 5.74) is 0.579. The molecular weight excluding hydrogens is 328 g/mol. The Morgan fingerprint density at radius 2 is 1.84 bits per heavy atom. The van der Waals surface area contributed by atoms with Crippen LogP contribution in [0.1, 0.15) is 24.5 Å². The van der Waals surface area contributed by atoms with Crippen LogP contribution in [-0.2, 0) is 9.53 Å². The van der Waals surface area contributed by atoms with Gasteiger partial charge >= 0.3 is 0 Å². The average molecular weight is 346 g/mol. The van der Waals surface area contributed by atoms with Gasteiger partial charge in [-0.15, -0.1) is 5.10 Å². The third-order valence-corrected chi connectivity index (χ3v) is 3.66. The van der Waals surface area contributed by atoms with Crippen LogP contribution in [0.25, 0.3) is 0 Å². The summed E-state index contributed by atoms with van der Waals surface area (Å²) in [7, 11) is 4.56. The number of benzene rings is 1. The van der Waals surface area contributed by atoms with Crippen molar-refractivity contribution >= 4 is 11.8 Å². The van der Waals surface area contributed by atoms with Crippen molar-refractivity contribution in [3.8, 4) is 17.2 Å². The van der Waals surface area contributed by atoms with Gasteiger partial charge in [-0.2, -0.15) is 5.01 Å². The minimum Gasteiger partial charge on any atom is -0.493 e. The maximum Gasteiger partial charge on any atom is 0.254 e. The predicted octanol–water partition coefficient (Wildman–Crippen LogP) is 2.54. The van der Waals surface area contributed by atoms with Gasteiger partial charge in [-0.05, 0) is 24.3 Å². The second-order valence-electron chi connectivity index (χ2n) is 5.17. The molecule has 1 aliphatic heterocycles. The molecule has 8 nitrogen and oxygen atoms in total. The lowest BCUT2D eigenvalue weighted by atomic mass is 10.1. The van der Waals surface area contributed by atoms with Crippen LogP contribution in [0.4, 0.5) is 0 Å². The van der Waals surface area contributed by atoms with Gasteiger partial charge < -0.3 is 23.4 Å². The van der Waals surface area contributed by atoms with E-state index in [1.165, 1.54) is 39.5 Å². The third-order valence-electron chi connectivity index (χ3n) is 3.66. The van der Waals surface area contributed by atoms with Crippen molar-refractivity contribution < 1.29 is 28.2 Å². The van der Waals surface area contributed by atoms with Gasteiger partial charge in [0.05, 0.1) is 27.6 Å². The molecule has 0 aliphatic carbocycles. The topological polar surface area (TPSA) is 82.7 Å². The highest BCUT2D eigenvalue weighted by molar-refractivity contribution is 5.97. The molecule has 1 aliphatic rings. The zero-order chi connectivity index (χ0) is 18.0. The Hall–Kier alpha value is -3.16. The summed E-state index contributed by atoms with van der Waals surface area (Å²) in [5, 5.41) is 5.49. The molecule has 132 valence electrons. The molecule has 1 atom stereocenters. The van der Waals surface area contributed by atoms with Crippen LogP contribution >= 0.6 is 0 Å². The number of hydrogen-bond donors (Lipinski definition) is 0. The Balaban J connectivity index is 2.01. The number of furan rings is 1. The highest BCUT2D eigenvalue weighted by Gasteiger charge is 2.35. The molecule has 8 heteroatoms. The Kier molecular flexibility index (Phi) is 4.51. The number of carbonyl (C=O) groups is 1. The number of carbonyl (C=O) groups excluding carboxylic acids is 1. The van der Waals surface area contributed by atoms with E-state index in [0.29, 0.717) is 28.6 Å². The van der Waals surface area contributed by atoms with Crippen molar-refractivity contribution in [1.82, 2.24) is 5.01 Å². The van der Waals surface area contributed by atoms with E-state index in [-0.39, 0.29) is 11.8 Å². The molecule has 0 spiro atoms. The molecule has 0 bridgehead atoms. The van der Waals surface area contributed by atoms with Crippen molar-refractivity contribution in [2.45, 2.75) is 13.2 Å². The van der Waals surface area contributed by atoms with Gasteiger partial charge in [-0.1, -0.05) is 0 Å². The minimum atomic E-state index is -0.762. The van der Waals surface area contributed by atoms with Crippen LogP contribution in [0.5, 0.6) is 17.2 Å². The molecule has 0 saturated carbocycles.